The molecule has 0 aromatic heterocycles. The van der Waals surface area contributed by atoms with E-state index in [0.717, 1.165) is 28.8 Å². The number of hydrogen-bond donors (Lipinski definition) is 1. The zero-order valence-electron chi connectivity index (χ0n) is 12.3. The topological polar surface area (TPSA) is 15.3 Å². The number of rotatable bonds is 6. The summed E-state index contributed by atoms with van der Waals surface area (Å²) in [6.45, 7) is 4.01. The van der Waals surface area contributed by atoms with Gasteiger partial charge < -0.3 is 5.32 Å². The molecule has 0 saturated carbocycles. The largest absolute Gasteiger partial charge is 0.384 e. The SMILES string of the molecule is CC(c1cccc(Cl)c1)N(C)CCNc1ccc(Cl)cc1. The second-order valence-electron chi connectivity index (χ2n) is 5.15. The van der Waals surface area contributed by atoms with Crippen molar-refractivity contribution in [1.82, 2.24) is 4.90 Å². The van der Waals surface area contributed by atoms with Crippen LogP contribution in [-0.4, -0.2) is 25.0 Å². The van der Waals surface area contributed by atoms with Crippen molar-refractivity contribution in [1.29, 1.82) is 0 Å². The first-order valence-electron chi connectivity index (χ1n) is 7.01. The summed E-state index contributed by atoms with van der Waals surface area (Å²) in [6, 6.07) is 16.1. The Kier molecular flexibility index (Phi) is 5.92. The molecule has 0 aliphatic rings. The Morgan fingerprint density at radius 2 is 1.76 bits per heavy atom. The van der Waals surface area contributed by atoms with Crippen LogP contribution in [0.15, 0.2) is 48.5 Å². The molecule has 0 spiro atoms. The van der Waals surface area contributed by atoms with E-state index in [1.54, 1.807) is 0 Å². The van der Waals surface area contributed by atoms with Crippen LogP contribution in [0.2, 0.25) is 10.0 Å². The van der Waals surface area contributed by atoms with E-state index in [9.17, 15) is 0 Å². The third-order valence-corrected chi connectivity index (χ3v) is 4.12. The zero-order chi connectivity index (χ0) is 15.2. The van der Waals surface area contributed by atoms with Gasteiger partial charge in [0.05, 0.1) is 0 Å². The van der Waals surface area contributed by atoms with Crippen molar-refractivity contribution in [2.45, 2.75) is 13.0 Å². The zero-order valence-corrected chi connectivity index (χ0v) is 13.8. The summed E-state index contributed by atoms with van der Waals surface area (Å²) in [5.74, 6) is 0. The maximum atomic E-state index is 6.05. The fourth-order valence-electron chi connectivity index (χ4n) is 2.16. The second kappa shape index (κ2) is 7.69. The predicted molar refractivity (Wildman–Crippen MR) is 92.4 cm³/mol. The lowest BCUT2D eigenvalue weighted by molar-refractivity contribution is 0.271. The molecule has 0 radical (unpaired) electrons. The van der Waals surface area contributed by atoms with E-state index in [0.29, 0.717) is 6.04 Å². The van der Waals surface area contributed by atoms with E-state index in [2.05, 4.69) is 30.3 Å². The highest BCUT2D eigenvalue weighted by Gasteiger charge is 2.11. The highest BCUT2D eigenvalue weighted by atomic mass is 35.5. The normalized spacial score (nSPS) is 12.4. The minimum atomic E-state index is 0.329. The van der Waals surface area contributed by atoms with Gasteiger partial charge in [-0.3, -0.25) is 4.90 Å². The summed E-state index contributed by atoms with van der Waals surface area (Å²) in [4.78, 5) is 2.30. The van der Waals surface area contributed by atoms with Crippen molar-refractivity contribution in [3.63, 3.8) is 0 Å². The smallest absolute Gasteiger partial charge is 0.0409 e. The van der Waals surface area contributed by atoms with Gasteiger partial charge in [0.1, 0.15) is 0 Å². The molecule has 2 aromatic rings. The van der Waals surface area contributed by atoms with Gasteiger partial charge >= 0.3 is 0 Å². The van der Waals surface area contributed by atoms with Crippen molar-refractivity contribution >= 4 is 28.9 Å². The Bertz CT molecular complexity index is 569. The summed E-state index contributed by atoms with van der Waals surface area (Å²) >= 11 is 11.9. The maximum absolute atomic E-state index is 6.05. The van der Waals surface area contributed by atoms with Crippen LogP contribution < -0.4 is 5.32 Å². The molecule has 2 rings (SSSR count). The van der Waals surface area contributed by atoms with Gasteiger partial charge in [-0.05, 0) is 55.9 Å². The molecule has 0 saturated heterocycles. The molecule has 1 atom stereocenters. The predicted octanol–water partition coefficient (Wildman–Crippen LogP) is 5.10. The summed E-state index contributed by atoms with van der Waals surface area (Å²) in [5.41, 5.74) is 2.32. The van der Waals surface area contributed by atoms with Gasteiger partial charge in [-0.15, -0.1) is 0 Å². The highest BCUT2D eigenvalue weighted by Crippen LogP contribution is 2.21. The molecule has 0 fully saturated rings. The van der Waals surface area contributed by atoms with Gasteiger partial charge in [0.15, 0.2) is 0 Å². The Morgan fingerprint density at radius 1 is 1.05 bits per heavy atom. The van der Waals surface area contributed by atoms with Gasteiger partial charge in [0.2, 0.25) is 0 Å². The molecule has 0 heterocycles. The molecule has 2 nitrogen and oxygen atoms in total. The second-order valence-corrected chi connectivity index (χ2v) is 6.02. The van der Waals surface area contributed by atoms with Crippen molar-refractivity contribution in [2.24, 2.45) is 0 Å². The first-order valence-corrected chi connectivity index (χ1v) is 7.77. The molecule has 0 aliphatic carbocycles. The Morgan fingerprint density at radius 3 is 2.43 bits per heavy atom. The van der Waals surface area contributed by atoms with Crippen LogP contribution in [0, 0.1) is 0 Å². The van der Waals surface area contributed by atoms with Crippen molar-refractivity contribution < 1.29 is 0 Å². The molecule has 4 heteroatoms. The van der Waals surface area contributed by atoms with Crippen LogP contribution in [-0.2, 0) is 0 Å². The van der Waals surface area contributed by atoms with Crippen LogP contribution in [0.4, 0.5) is 5.69 Å². The monoisotopic (exact) mass is 322 g/mol. The van der Waals surface area contributed by atoms with E-state index >= 15 is 0 Å². The Hall–Kier alpha value is -1.22. The van der Waals surface area contributed by atoms with Crippen LogP contribution in [0.3, 0.4) is 0 Å². The summed E-state index contributed by atoms with van der Waals surface area (Å²) in [6.07, 6.45) is 0. The lowest BCUT2D eigenvalue weighted by Gasteiger charge is -2.25. The standard InChI is InChI=1S/C17H20Cl2N2/c1-13(14-4-3-5-16(19)12-14)21(2)11-10-20-17-8-6-15(18)7-9-17/h3-9,12-13,20H,10-11H2,1-2H3. The molecule has 21 heavy (non-hydrogen) atoms. The third-order valence-electron chi connectivity index (χ3n) is 3.63. The summed E-state index contributed by atoms with van der Waals surface area (Å²) in [7, 11) is 2.12. The van der Waals surface area contributed by atoms with Crippen molar-refractivity contribution in [2.75, 3.05) is 25.5 Å². The quantitative estimate of drug-likeness (QED) is 0.796. The maximum Gasteiger partial charge on any atom is 0.0409 e. The lowest BCUT2D eigenvalue weighted by atomic mass is 10.1. The number of benzene rings is 2. The highest BCUT2D eigenvalue weighted by molar-refractivity contribution is 6.30. The molecule has 1 N–H and O–H groups in total. The van der Waals surface area contributed by atoms with Gasteiger partial charge in [0, 0.05) is 34.9 Å². The number of halogens is 2. The molecule has 1 unspecified atom stereocenters. The average molecular weight is 323 g/mol. The molecule has 0 amide bonds. The number of likely N-dealkylation sites (N-methyl/N-ethyl adjacent to an activating group) is 1. The van der Waals surface area contributed by atoms with Crippen molar-refractivity contribution in [3.8, 4) is 0 Å². The average Bonchev–Trinajstić information content (AvgIpc) is 2.48. The van der Waals surface area contributed by atoms with Crippen LogP contribution >= 0.6 is 23.2 Å². The molecule has 0 bridgehead atoms. The summed E-state index contributed by atoms with van der Waals surface area (Å²) in [5, 5.41) is 4.94. The number of anilines is 1. The third kappa shape index (κ3) is 4.92. The first kappa shape index (κ1) is 16.2. The molecule has 0 aliphatic heterocycles. The van der Waals surface area contributed by atoms with E-state index in [1.165, 1.54) is 5.56 Å². The number of nitrogens with zero attached hydrogens (tertiary/aromatic N) is 1. The molecular weight excluding hydrogens is 303 g/mol. The van der Waals surface area contributed by atoms with E-state index in [1.807, 2.05) is 42.5 Å². The fourth-order valence-corrected chi connectivity index (χ4v) is 2.48. The van der Waals surface area contributed by atoms with E-state index in [-0.39, 0.29) is 0 Å². The van der Waals surface area contributed by atoms with Gasteiger partial charge in [0.25, 0.3) is 0 Å². The molecular formula is C17H20Cl2N2. The van der Waals surface area contributed by atoms with Gasteiger partial charge in [-0.1, -0.05) is 35.3 Å². The number of hydrogen-bond acceptors (Lipinski definition) is 2. The Balaban J connectivity index is 1.84. The Labute approximate surface area is 136 Å². The number of nitrogens with one attached hydrogen (secondary N) is 1. The van der Waals surface area contributed by atoms with Crippen LogP contribution in [0.25, 0.3) is 0 Å². The van der Waals surface area contributed by atoms with E-state index in [4.69, 9.17) is 23.2 Å². The van der Waals surface area contributed by atoms with Crippen LogP contribution in [0.5, 0.6) is 0 Å². The molecule has 112 valence electrons. The van der Waals surface area contributed by atoms with E-state index < -0.39 is 0 Å². The van der Waals surface area contributed by atoms with Gasteiger partial charge in [-0.2, -0.15) is 0 Å². The summed E-state index contributed by atoms with van der Waals surface area (Å²) < 4.78 is 0. The minimum absolute atomic E-state index is 0.329. The van der Waals surface area contributed by atoms with Crippen LogP contribution in [0.1, 0.15) is 18.5 Å². The van der Waals surface area contributed by atoms with Crippen molar-refractivity contribution in [3.05, 3.63) is 64.1 Å². The van der Waals surface area contributed by atoms with Gasteiger partial charge in [-0.25, -0.2) is 0 Å². The fraction of sp³-hybridized carbons (Fsp3) is 0.294. The lowest BCUT2D eigenvalue weighted by Crippen LogP contribution is -2.28. The first-order chi connectivity index (χ1) is 10.1. The molecule has 2 aromatic carbocycles. The minimum Gasteiger partial charge on any atom is -0.384 e.